The van der Waals surface area contributed by atoms with Gasteiger partial charge in [0.25, 0.3) is 0 Å². The molecule has 0 aliphatic rings. The van der Waals surface area contributed by atoms with Crippen LogP contribution in [0.25, 0.3) is 17.2 Å². The summed E-state index contributed by atoms with van der Waals surface area (Å²) < 4.78 is 12.9. The quantitative estimate of drug-likeness (QED) is 0.865. The lowest BCUT2D eigenvalue weighted by atomic mass is 10.0. The molecule has 1 atom stereocenters. The summed E-state index contributed by atoms with van der Waals surface area (Å²) in [5.41, 5.74) is 3.02. The van der Waals surface area contributed by atoms with E-state index in [4.69, 9.17) is 0 Å². The van der Waals surface area contributed by atoms with Crippen molar-refractivity contribution in [1.82, 2.24) is 0 Å². The molecule has 0 spiro atoms. The van der Waals surface area contributed by atoms with E-state index in [0.29, 0.717) is 0 Å². The Bertz CT molecular complexity index is 541. The van der Waals surface area contributed by atoms with E-state index in [2.05, 4.69) is 0 Å². The summed E-state index contributed by atoms with van der Waals surface area (Å²) >= 11 is 0. The van der Waals surface area contributed by atoms with Gasteiger partial charge in [-0.3, -0.25) is 0 Å². The summed E-state index contributed by atoms with van der Waals surface area (Å²) in [6.45, 7) is 1.71. The lowest BCUT2D eigenvalue weighted by molar-refractivity contribution is 0.245. The zero-order chi connectivity index (χ0) is 13.0. The molecule has 92 valence electrons. The van der Waals surface area contributed by atoms with Gasteiger partial charge in [0.1, 0.15) is 5.82 Å². The molecule has 0 unspecified atom stereocenters. The number of halogens is 1. The molecular formula is C16H15FO. The predicted octanol–water partition coefficient (Wildman–Crippen LogP) is 3.89. The van der Waals surface area contributed by atoms with Crippen molar-refractivity contribution in [2.75, 3.05) is 0 Å². The van der Waals surface area contributed by atoms with Gasteiger partial charge >= 0.3 is 0 Å². The van der Waals surface area contributed by atoms with E-state index >= 15 is 0 Å². The molecule has 2 heteroatoms. The van der Waals surface area contributed by atoms with Crippen molar-refractivity contribution in [3.63, 3.8) is 0 Å². The summed E-state index contributed by atoms with van der Waals surface area (Å²) in [4.78, 5) is 0. The largest absolute Gasteiger partial charge is 0.389 e. The Hall–Kier alpha value is -1.93. The van der Waals surface area contributed by atoms with Crippen LogP contribution in [0.4, 0.5) is 4.39 Å². The van der Waals surface area contributed by atoms with Crippen LogP contribution in [0.1, 0.15) is 12.5 Å². The summed E-state index contributed by atoms with van der Waals surface area (Å²) in [6, 6.07) is 14.3. The molecular weight excluding hydrogens is 227 g/mol. The van der Waals surface area contributed by atoms with Gasteiger partial charge in [0, 0.05) is 0 Å². The van der Waals surface area contributed by atoms with E-state index in [1.54, 1.807) is 25.1 Å². The van der Waals surface area contributed by atoms with Crippen LogP contribution in [0.5, 0.6) is 0 Å². The fourth-order valence-corrected chi connectivity index (χ4v) is 1.71. The average molecular weight is 242 g/mol. The molecule has 1 nitrogen and oxygen atoms in total. The Balaban J connectivity index is 2.29. The second kappa shape index (κ2) is 5.61. The Kier molecular flexibility index (Phi) is 3.90. The number of rotatable bonds is 3. The van der Waals surface area contributed by atoms with Crippen LogP contribution in [-0.4, -0.2) is 11.2 Å². The Labute approximate surface area is 106 Å². The third kappa shape index (κ3) is 3.28. The minimum Gasteiger partial charge on any atom is -0.389 e. The van der Waals surface area contributed by atoms with E-state index in [-0.39, 0.29) is 5.82 Å². The molecule has 0 saturated carbocycles. The van der Waals surface area contributed by atoms with Gasteiger partial charge < -0.3 is 5.11 Å². The van der Waals surface area contributed by atoms with Crippen molar-refractivity contribution >= 4 is 6.08 Å². The van der Waals surface area contributed by atoms with Crippen molar-refractivity contribution in [2.24, 2.45) is 0 Å². The Morgan fingerprint density at radius 2 is 1.78 bits per heavy atom. The summed E-state index contributed by atoms with van der Waals surface area (Å²) in [6.07, 6.45) is 3.14. The molecule has 0 heterocycles. The van der Waals surface area contributed by atoms with Crippen LogP contribution in [0.2, 0.25) is 0 Å². The fourth-order valence-electron chi connectivity index (χ4n) is 1.71. The van der Waals surface area contributed by atoms with Gasteiger partial charge in [-0.25, -0.2) is 4.39 Å². The molecule has 0 bridgehead atoms. The maximum absolute atomic E-state index is 12.9. The number of aliphatic hydroxyl groups excluding tert-OH is 1. The second-order valence-corrected chi connectivity index (χ2v) is 4.23. The first-order valence-electron chi connectivity index (χ1n) is 5.87. The van der Waals surface area contributed by atoms with Crippen molar-refractivity contribution < 1.29 is 9.50 Å². The SMILES string of the molecule is C[C@H](O)C=Cc1cccc(-c2ccc(F)cc2)c1. The van der Waals surface area contributed by atoms with Gasteiger partial charge in [0.05, 0.1) is 6.10 Å². The lowest BCUT2D eigenvalue weighted by Gasteiger charge is -2.03. The van der Waals surface area contributed by atoms with Crippen LogP contribution in [0.15, 0.2) is 54.6 Å². The van der Waals surface area contributed by atoms with E-state index < -0.39 is 6.10 Å². The normalized spacial score (nSPS) is 12.8. The van der Waals surface area contributed by atoms with Gasteiger partial charge in [-0.2, -0.15) is 0 Å². The molecule has 2 rings (SSSR count). The zero-order valence-electron chi connectivity index (χ0n) is 10.2. The van der Waals surface area contributed by atoms with E-state index in [9.17, 15) is 9.50 Å². The van der Waals surface area contributed by atoms with Crippen LogP contribution in [0, 0.1) is 5.82 Å². The number of hydrogen-bond donors (Lipinski definition) is 1. The monoisotopic (exact) mass is 242 g/mol. The molecule has 2 aromatic carbocycles. The van der Waals surface area contributed by atoms with E-state index in [0.717, 1.165) is 16.7 Å². The molecule has 0 fully saturated rings. The van der Waals surface area contributed by atoms with Gasteiger partial charge in [0.2, 0.25) is 0 Å². The number of aliphatic hydroxyl groups is 1. The van der Waals surface area contributed by atoms with Crippen LogP contribution in [0.3, 0.4) is 0 Å². The smallest absolute Gasteiger partial charge is 0.123 e. The average Bonchev–Trinajstić information content (AvgIpc) is 2.37. The third-order valence-corrected chi connectivity index (χ3v) is 2.63. The molecule has 0 aliphatic heterocycles. The highest BCUT2D eigenvalue weighted by Crippen LogP contribution is 2.21. The maximum atomic E-state index is 12.9. The highest BCUT2D eigenvalue weighted by atomic mass is 19.1. The maximum Gasteiger partial charge on any atom is 0.123 e. The topological polar surface area (TPSA) is 20.2 Å². The third-order valence-electron chi connectivity index (χ3n) is 2.63. The van der Waals surface area contributed by atoms with Crippen LogP contribution < -0.4 is 0 Å². The van der Waals surface area contributed by atoms with E-state index in [1.165, 1.54) is 12.1 Å². The Morgan fingerprint density at radius 3 is 2.44 bits per heavy atom. The highest BCUT2D eigenvalue weighted by molar-refractivity contribution is 5.67. The molecule has 18 heavy (non-hydrogen) atoms. The minimum absolute atomic E-state index is 0.232. The molecule has 0 saturated heterocycles. The van der Waals surface area contributed by atoms with Crippen LogP contribution in [-0.2, 0) is 0 Å². The highest BCUT2D eigenvalue weighted by Gasteiger charge is 1.98. The van der Waals surface area contributed by atoms with Gasteiger partial charge in [-0.15, -0.1) is 0 Å². The van der Waals surface area contributed by atoms with Crippen molar-refractivity contribution in [2.45, 2.75) is 13.0 Å². The van der Waals surface area contributed by atoms with Crippen molar-refractivity contribution in [1.29, 1.82) is 0 Å². The van der Waals surface area contributed by atoms with Crippen molar-refractivity contribution in [3.8, 4) is 11.1 Å². The molecule has 2 aromatic rings. The van der Waals surface area contributed by atoms with Crippen molar-refractivity contribution in [3.05, 3.63) is 66.0 Å². The number of hydrogen-bond acceptors (Lipinski definition) is 1. The van der Waals surface area contributed by atoms with Gasteiger partial charge in [-0.1, -0.05) is 42.5 Å². The van der Waals surface area contributed by atoms with E-state index in [1.807, 2.05) is 30.3 Å². The molecule has 0 radical (unpaired) electrons. The zero-order valence-corrected chi connectivity index (χ0v) is 10.2. The fraction of sp³-hybridized carbons (Fsp3) is 0.125. The summed E-state index contributed by atoms with van der Waals surface area (Å²) in [7, 11) is 0. The molecule has 1 N–H and O–H groups in total. The molecule has 0 aliphatic carbocycles. The minimum atomic E-state index is -0.459. The first-order chi connectivity index (χ1) is 8.65. The first kappa shape index (κ1) is 12.5. The standard InChI is InChI=1S/C16H15FO/c1-12(18)5-6-13-3-2-4-15(11-13)14-7-9-16(17)10-8-14/h2-12,18H,1H3/t12-/m0/s1. The van der Waals surface area contributed by atoms with Gasteiger partial charge in [0.15, 0.2) is 0 Å². The second-order valence-electron chi connectivity index (χ2n) is 4.23. The summed E-state index contributed by atoms with van der Waals surface area (Å²) in [5.74, 6) is -0.232. The molecule has 0 amide bonds. The first-order valence-corrected chi connectivity index (χ1v) is 5.87. The summed E-state index contributed by atoms with van der Waals surface area (Å²) in [5, 5.41) is 9.20. The predicted molar refractivity (Wildman–Crippen MR) is 72.6 cm³/mol. The number of benzene rings is 2. The molecule has 0 aromatic heterocycles. The van der Waals surface area contributed by atoms with Gasteiger partial charge in [-0.05, 0) is 41.8 Å². The lowest BCUT2D eigenvalue weighted by Crippen LogP contribution is -1.91. The van der Waals surface area contributed by atoms with Crippen LogP contribution >= 0.6 is 0 Å². The Morgan fingerprint density at radius 1 is 1.06 bits per heavy atom.